The van der Waals surface area contributed by atoms with E-state index in [0.717, 1.165) is 19.4 Å². The Morgan fingerprint density at radius 1 is 1.18 bits per heavy atom. The molecule has 0 radical (unpaired) electrons. The molecule has 1 heterocycles. The molecule has 98 valence electrons. The number of likely N-dealkylation sites (tertiary alicyclic amines) is 1. The van der Waals surface area contributed by atoms with Crippen molar-refractivity contribution in [3.63, 3.8) is 0 Å². The van der Waals surface area contributed by atoms with Gasteiger partial charge in [0.25, 0.3) is 0 Å². The van der Waals surface area contributed by atoms with Crippen LogP contribution in [-0.2, 0) is 9.53 Å². The quantitative estimate of drug-likeness (QED) is 0.757. The number of ketones is 1. The second kappa shape index (κ2) is 5.96. The summed E-state index contributed by atoms with van der Waals surface area (Å²) in [5, 5.41) is 0. The van der Waals surface area contributed by atoms with Crippen LogP contribution in [0.3, 0.4) is 0 Å². The van der Waals surface area contributed by atoms with Gasteiger partial charge in [0.05, 0.1) is 12.1 Å². The summed E-state index contributed by atoms with van der Waals surface area (Å²) in [4.78, 5) is 14.2. The minimum atomic E-state index is 0.185. The molecule has 3 unspecified atom stereocenters. The van der Waals surface area contributed by atoms with E-state index in [1.165, 1.54) is 32.1 Å². The third-order valence-corrected chi connectivity index (χ3v) is 4.41. The van der Waals surface area contributed by atoms with Crippen LogP contribution in [0.25, 0.3) is 0 Å². The topological polar surface area (TPSA) is 29.5 Å². The summed E-state index contributed by atoms with van der Waals surface area (Å²) in [6, 6.07) is 0.757. The van der Waals surface area contributed by atoms with Gasteiger partial charge in [-0.05, 0) is 52.0 Å². The van der Waals surface area contributed by atoms with E-state index in [1.54, 1.807) is 6.92 Å². The molecule has 2 aliphatic rings. The van der Waals surface area contributed by atoms with Gasteiger partial charge in [0.15, 0.2) is 0 Å². The van der Waals surface area contributed by atoms with Crippen molar-refractivity contribution >= 4 is 5.78 Å². The molecule has 0 amide bonds. The Kier molecular flexibility index (Phi) is 4.57. The number of hydrogen-bond acceptors (Lipinski definition) is 3. The number of Topliss-reactive ketones (excluding diaryl/α,β-unsaturated/α-hetero) is 1. The van der Waals surface area contributed by atoms with Crippen molar-refractivity contribution in [3.05, 3.63) is 0 Å². The van der Waals surface area contributed by atoms with Gasteiger partial charge in [-0.3, -0.25) is 9.69 Å². The van der Waals surface area contributed by atoms with E-state index in [1.807, 2.05) is 7.11 Å². The van der Waals surface area contributed by atoms with E-state index in [4.69, 9.17) is 4.74 Å². The van der Waals surface area contributed by atoms with Crippen LogP contribution in [0.2, 0.25) is 0 Å². The summed E-state index contributed by atoms with van der Waals surface area (Å²) >= 11 is 0. The normalized spacial score (nSPS) is 35.8. The Bertz CT molecular complexity index is 267. The van der Waals surface area contributed by atoms with Crippen molar-refractivity contribution in [1.82, 2.24) is 4.90 Å². The van der Waals surface area contributed by atoms with Gasteiger partial charge in [-0.25, -0.2) is 0 Å². The van der Waals surface area contributed by atoms with Crippen LogP contribution < -0.4 is 0 Å². The van der Waals surface area contributed by atoms with E-state index in [0.29, 0.717) is 17.9 Å². The number of nitrogens with zero attached hydrogens (tertiary/aromatic N) is 1. The molecule has 0 aromatic carbocycles. The average molecular weight is 239 g/mol. The first-order chi connectivity index (χ1) is 8.22. The van der Waals surface area contributed by atoms with Gasteiger partial charge in [0, 0.05) is 13.2 Å². The van der Waals surface area contributed by atoms with Gasteiger partial charge >= 0.3 is 0 Å². The Hall–Kier alpha value is -0.410. The van der Waals surface area contributed by atoms with Crippen molar-refractivity contribution in [3.8, 4) is 0 Å². The van der Waals surface area contributed by atoms with Crippen molar-refractivity contribution < 1.29 is 9.53 Å². The Morgan fingerprint density at radius 3 is 2.71 bits per heavy atom. The minimum absolute atomic E-state index is 0.185. The summed E-state index contributed by atoms with van der Waals surface area (Å²) in [6.07, 6.45) is 8.70. The first kappa shape index (κ1) is 13.0. The predicted octanol–water partition coefficient (Wildman–Crippen LogP) is 2.39. The number of hydrogen-bond donors (Lipinski definition) is 0. The highest BCUT2D eigenvalue weighted by molar-refractivity contribution is 5.81. The zero-order valence-corrected chi connectivity index (χ0v) is 11.2. The van der Waals surface area contributed by atoms with Crippen molar-refractivity contribution in [2.75, 3.05) is 13.7 Å². The van der Waals surface area contributed by atoms with Crippen LogP contribution in [0, 0.1) is 0 Å². The standard InChI is InChI=1S/C14H25NO2/c1-11(16)14-8-3-4-9-15(14)12-6-5-7-13(10-12)17-2/h12-14H,3-10H2,1-2H3. The molecule has 17 heavy (non-hydrogen) atoms. The molecule has 0 bridgehead atoms. The van der Waals surface area contributed by atoms with Crippen LogP contribution in [0.1, 0.15) is 51.9 Å². The highest BCUT2D eigenvalue weighted by Gasteiger charge is 2.34. The second-order valence-electron chi connectivity index (χ2n) is 5.54. The van der Waals surface area contributed by atoms with Crippen molar-refractivity contribution in [1.29, 1.82) is 0 Å². The monoisotopic (exact) mass is 239 g/mol. The first-order valence-corrected chi connectivity index (χ1v) is 7.01. The van der Waals surface area contributed by atoms with E-state index < -0.39 is 0 Å². The largest absolute Gasteiger partial charge is 0.381 e. The Morgan fingerprint density at radius 2 is 2.00 bits per heavy atom. The lowest BCUT2D eigenvalue weighted by Crippen LogP contribution is -2.51. The SMILES string of the molecule is COC1CCCC(N2CCCCC2C(C)=O)C1. The molecule has 3 heteroatoms. The van der Waals surface area contributed by atoms with Crippen LogP contribution in [0.15, 0.2) is 0 Å². The molecule has 2 fully saturated rings. The molecule has 1 saturated carbocycles. The maximum atomic E-state index is 11.7. The summed E-state index contributed by atoms with van der Waals surface area (Å²) in [5.41, 5.74) is 0. The zero-order valence-electron chi connectivity index (χ0n) is 11.2. The van der Waals surface area contributed by atoms with Crippen LogP contribution in [0.5, 0.6) is 0 Å². The summed E-state index contributed by atoms with van der Waals surface area (Å²) in [5.74, 6) is 0.351. The zero-order chi connectivity index (χ0) is 12.3. The fourth-order valence-electron chi connectivity index (χ4n) is 3.46. The fourth-order valence-corrected chi connectivity index (χ4v) is 3.46. The van der Waals surface area contributed by atoms with E-state index in [2.05, 4.69) is 4.90 Å². The molecule has 0 N–H and O–H groups in total. The minimum Gasteiger partial charge on any atom is -0.381 e. The van der Waals surface area contributed by atoms with Crippen LogP contribution in [0.4, 0.5) is 0 Å². The number of carbonyl (C=O) groups excluding carboxylic acids is 1. The fraction of sp³-hybridized carbons (Fsp3) is 0.929. The first-order valence-electron chi connectivity index (χ1n) is 7.01. The van der Waals surface area contributed by atoms with E-state index >= 15 is 0 Å². The maximum absolute atomic E-state index is 11.7. The van der Waals surface area contributed by atoms with Gasteiger partial charge in [0.1, 0.15) is 5.78 Å². The number of ether oxygens (including phenoxy) is 1. The lowest BCUT2D eigenvalue weighted by Gasteiger charge is -2.43. The molecule has 0 aromatic heterocycles. The average Bonchev–Trinajstić information content (AvgIpc) is 2.39. The van der Waals surface area contributed by atoms with Gasteiger partial charge < -0.3 is 4.74 Å². The lowest BCUT2D eigenvalue weighted by molar-refractivity contribution is -0.125. The third-order valence-electron chi connectivity index (χ3n) is 4.41. The van der Waals surface area contributed by atoms with Crippen molar-refractivity contribution in [2.24, 2.45) is 0 Å². The molecule has 1 aliphatic heterocycles. The predicted molar refractivity (Wildman–Crippen MR) is 68.1 cm³/mol. The molecule has 3 nitrogen and oxygen atoms in total. The van der Waals surface area contributed by atoms with Gasteiger partial charge in [-0.2, -0.15) is 0 Å². The molecule has 2 rings (SSSR count). The van der Waals surface area contributed by atoms with Crippen LogP contribution in [-0.4, -0.2) is 42.5 Å². The Balaban J connectivity index is 2.00. The summed E-state index contributed by atoms with van der Waals surface area (Å²) < 4.78 is 5.50. The molecule has 1 aliphatic carbocycles. The molecular formula is C14H25NO2. The molecule has 1 saturated heterocycles. The van der Waals surface area contributed by atoms with Gasteiger partial charge in [-0.1, -0.05) is 6.42 Å². The number of carbonyl (C=O) groups is 1. The summed E-state index contributed by atoms with van der Waals surface area (Å²) in [6.45, 7) is 2.85. The molecule has 0 aromatic rings. The maximum Gasteiger partial charge on any atom is 0.146 e. The molecule has 3 atom stereocenters. The number of rotatable bonds is 3. The van der Waals surface area contributed by atoms with Crippen molar-refractivity contribution in [2.45, 2.75) is 70.1 Å². The summed E-state index contributed by atoms with van der Waals surface area (Å²) in [7, 11) is 1.81. The van der Waals surface area contributed by atoms with Crippen LogP contribution >= 0.6 is 0 Å². The van der Waals surface area contributed by atoms with Gasteiger partial charge in [0.2, 0.25) is 0 Å². The van der Waals surface area contributed by atoms with E-state index in [-0.39, 0.29) is 6.04 Å². The third kappa shape index (κ3) is 3.08. The molecule has 0 spiro atoms. The highest BCUT2D eigenvalue weighted by atomic mass is 16.5. The second-order valence-corrected chi connectivity index (χ2v) is 5.54. The molecular weight excluding hydrogens is 214 g/mol. The van der Waals surface area contributed by atoms with Gasteiger partial charge in [-0.15, -0.1) is 0 Å². The smallest absolute Gasteiger partial charge is 0.146 e. The highest BCUT2D eigenvalue weighted by Crippen LogP contribution is 2.30. The van der Waals surface area contributed by atoms with E-state index in [9.17, 15) is 4.79 Å². The Labute approximate surface area is 105 Å². The number of methoxy groups -OCH3 is 1. The lowest BCUT2D eigenvalue weighted by atomic mass is 9.88. The number of piperidine rings is 1.